The monoisotopic (exact) mass is 212 g/mol. The second-order valence-electron chi connectivity index (χ2n) is 5.31. The van der Waals surface area contributed by atoms with E-state index in [-0.39, 0.29) is 17.5 Å². The first-order valence-electron chi connectivity index (χ1n) is 5.55. The molecule has 0 saturated carbocycles. The first-order valence-corrected chi connectivity index (χ1v) is 5.55. The summed E-state index contributed by atoms with van der Waals surface area (Å²) in [4.78, 5) is 11.0. The third kappa shape index (κ3) is 7.18. The molecule has 0 N–H and O–H groups in total. The van der Waals surface area contributed by atoms with Gasteiger partial charge in [-0.2, -0.15) is 0 Å². The van der Waals surface area contributed by atoms with Crippen LogP contribution in [0.15, 0.2) is 12.2 Å². The number of carbonyl (C=O) groups excluding carboxylic acids is 1. The Morgan fingerprint density at radius 3 is 2.20 bits per heavy atom. The summed E-state index contributed by atoms with van der Waals surface area (Å²) in [6, 6.07) is 0. The molecular weight excluding hydrogens is 188 g/mol. The second kappa shape index (κ2) is 5.94. The van der Waals surface area contributed by atoms with Crippen LogP contribution < -0.4 is 0 Å². The highest BCUT2D eigenvalue weighted by atomic mass is 16.5. The van der Waals surface area contributed by atoms with Crippen LogP contribution in [-0.4, -0.2) is 12.1 Å². The van der Waals surface area contributed by atoms with Crippen molar-refractivity contribution in [3.63, 3.8) is 0 Å². The van der Waals surface area contributed by atoms with Gasteiger partial charge in [0.2, 0.25) is 0 Å². The highest BCUT2D eigenvalue weighted by Gasteiger charge is 2.26. The lowest BCUT2D eigenvalue weighted by molar-refractivity contribution is -0.152. The van der Waals surface area contributed by atoms with Crippen molar-refractivity contribution < 1.29 is 9.53 Å². The van der Waals surface area contributed by atoms with Crippen molar-refractivity contribution in [2.75, 3.05) is 0 Å². The fourth-order valence-corrected chi connectivity index (χ4v) is 1.46. The molecule has 2 heteroatoms. The van der Waals surface area contributed by atoms with Gasteiger partial charge in [0, 0.05) is 6.92 Å². The second-order valence-corrected chi connectivity index (χ2v) is 5.31. The van der Waals surface area contributed by atoms with E-state index in [0.717, 1.165) is 19.3 Å². The minimum Gasteiger partial charge on any atom is -0.462 e. The Balaban J connectivity index is 4.14. The van der Waals surface area contributed by atoms with Gasteiger partial charge in [-0.15, -0.1) is 6.58 Å². The molecule has 0 spiro atoms. The van der Waals surface area contributed by atoms with E-state index in [0.29, 0.717) is 0 Å². The van der Waals surface area contributed by atoms with Crippen LogP contribution in [0.1, 0.15) is 53.9 Å². The molecule has 1 atom stereocenters. The summed E-state index contributed by atoms with van der Waals surface area (Å²) >= 11 is 0. The lowest BCUT2D eigenvalue weighted by Gasteiger charge is -2.30. The van der Waals surface area contributed by atoms with Gasteiger partial charge in [0.25, 0.3) is 0 Å². The summed E-state index contributed by atoms with van der Waals surface area (Å²) in [5.74, 6) is -0.190. The van der Waals surface area contributed by atoms with E-state index in [9.17, 15) is 4.79 Å². The van der Waals surface area contributed by atoms with Crippen LogP contribution >= 0.6 is 0 Å². The highest BCUT2D eigenvalue weighted by Crippen LogP contribution is 2.27. The van der Waals surface area contributed by atoms with Crippen molar-refractivity contribution in [1.82, 2.24) is 0 Å². The van der Waals surface area contributed by atoms with Gasteiger partial charge in [-0.25, -0.2) is 0 Å². The van der Waals surface area contributed by atoms with Crippen molar-refractivity contribution in [2.24, 2.45) is 5.41 Å². The topological polar surface area (TPSA) is 26.3 Å². The quantitative estimate of drug-likeness (QED) is 0.513. The summed E-state index contributed by atoms with van der Waals surface area (Å²) < 4.78 is 5.33. The number of hydrogen-bond acceptors (Lipinski definition) is 2. The highest BCUT2D eigenvalue weighted by molar-refractivity contribution is 5.66. The first-order chi connectivity index (χ1) is 6.73. The van der Waals surface area contributed by atoms with Crippen LogP contribution in [0.3, 0.4) is 0 Å². The van der Waals surface area contributed by atoms with E-state index in [1.54, 1.807) is 0 Å². The van der Waals surface area contributed by atoms with E-state index in [1.165, 1.54) is 12.5 Å². The van der Waals surface area contributed by atoms with Crippen molar-refractivity contribution in [2.45, 2.75) is 60.0 Å². The van der Waals surface area contributed by atoms with Gasteiger partial charge in [-0.1, -0.05) is 26.3 Å². The molecule has 0 aromatic rings. The number of carbonyl (C=O) groups is 1. The van der Waals surface area contributed by atoms with E-state index in [4.69, 9.17) is 4.74 Å². The number of hydrogen-bond donors (Lipinski definition) is 0. The molecule has 0 aliphatic heterocycles. The molecular formula is C13H24O2. The number of esters is 1. The van der Waals surface area contributed by atoms with Crippen molar-refractivity contribution in [3.05, 3.63) is 12.2 Å². The summed E-state index contributed by atoms with van der Waals surface area (Å²) in [5, 5.41) is 0. The summed E-state index contributed by atoms with van der Waals surface area (Å²) in [6.45, 7) is 13.7. The van der Waals surface area contributed by atoms with E-state index in [2.05, 4.69) is 27.4 Å². The number of rotatable bonds is 5. The maximum absolute atomic E-state index is 11.0. The van der Waals surface area contributed by atoms with Gasteiger partial charge in [-0.3, -0.25) is 4.79 Å². The van der Waals surface area contributed by atoms with Crippen LogP contribution in [0, 0.1) is 5.41 Å². The summed E-state index contributed by atoms with van der Waals surface area (Å²) in [6.07, 6.45) is 2.96. The lowest BCUT2D eigenvalue weighted by Crippen LogP contribution is -2.30. The molecule has 0 radical (unpaired) electrons. The van der Waals surface area contributed by atoms with Gasteiger partial charge in [0.15, 0.2) is 0 Å². The smallest absolute Gasteiger partial charge is 0.302 e. The third-order valence-electron chi connectivity index (χ3n) is 2.34. The SMILES string of the molecule is C=C(C)CCCC(OC(C)=O)C(C)(C)C. The maximum atomic E-state index is 11.0. The van der Waals surface area contributed by atoms with Gasteiger partial charge in [0.05, 0.1) is 0 Å². The minimum absolute atomic E-state index is 0.00866. The number of ether oxygens (including phenoxy) is 1. The first kappa shape index (κ1) is 14.2. The summed E-state index contributed by atoms with van der Waals surface area (Å²) in [7, 11) is 0. The van der Waals surface area contributed by atoms with Crippen LogP contribution in [0.25, 0.3) is 0 Å². The fourth-order valence-electron chi connectivity index (χ4n) is 1.46. The van der Waals surface area contributed by atoms with E-state index < -0.39 is 0 Å². The lowest BCUT2D eigenvalue weighted by atomic mass is 9.85. The Bertz CT molecular complexity index is 223. The largest absolute Gasteiger partial charge is 0.462 e. The van der Waals surface area contributed by atoms with E-state index in [1.807, 2.05) is 6.92 Å². The predicted octanol–water partition coefficient (Wildman–Crippen LogP) is 3.71. The molecule has 0 bridgehead atoms. The average molecular weight is 212 g/mol. The van der Waals surface area contributed by atoms with Crippen LogP contribution in [-0.2, 0) is 9.53 Å². The molecule has 0 saturated heterocycles. The van der Waals surface area contributed by atoms with E-state index >= 15 is 0 Å². The molecule has 0 aromatic carbocycles. The fraction of sp³-hybridized carbons (Fsp3) is 0.769. The Labute approximate surface area is 93.7 Å². The third-order valence-corrected chi connectivity index (χ3v) is 2.34. The Morgan fingerprint density at radius 2 is 1.87 bits per heavy atom. The molecule has 0 aliphatic carbocycles. The zero-order valence-corrected chi connectivity index (χ0v) is 10.7. The van der Waals surface area contributed by atoms with Crippen LogP contribution in [0.2, 0.25) is 0 Å². The standard InChI is InChI=1S/C13H24O2/c1-10(2)8-7-9-12(13(4,5)6)15-11(3)14/h12H,1,7-9H2,2-6H3. The predicted molar refractivity (Wildman–Crippen MR) is 63.7 cm³/mol. The molecule has 88 valence electrons. The summed E-state index contributed by atoms with van der Waals surface area (Å²) in [5.41, 5.74) is 1.20. The zero-order valence-electron chi connectivity index (χ0n) is 10.7. The molecule has 0 amide bonds. The molecule has 2 nitrogen and oxygen atoms in total. The van der Waals surface area contributed by atoms with Gasteiger partial charge >= 0.3 is 5.97 Å². The van der Waals surface area contributed by atoms with Crippen LogP contribution in [0.4, 0.5) is 0 Å². The Morgan fingerprint density at radius 1 is 1.33 bits per heavy atom. The van der Waals surface area contributed by atoms with Gasteiger partial charge in [-0.05, 0) is 31.6 Å². The van der Waals surface area contributed by atoms with Crippen molar-refractivity contribution in [3.8, 4) is 0 Å². The molecule has 0 heterocycles. The maximum Gasteiger partial charge on any atom is 0.302 e. The van der Waals surface area contributed by atoms with Crippen molar-refractivity contribution in [1.29, 1.82) is 0 Å². The minimum atomic E-state index is -0.190. The average Bonchev–Trinajstić information content (AvgIpc) is 1.99. The zero-order chi connectivity index (χ0) is 12.1. The Kier molecular flexibility index (Phi) is 5.63. The van der Waals surface area contributed by atoms with Gasteiger partial charge in [0.1, 0.15) is 6.10 Å². The Hall–Kier alpha value is -0.790. The van der Waals surface area contributed by atoms with Gasteiger partial charge < -0.3 is 4.74 Å². The normalized spacial score (nSPS) is 13.4. The molecule has 0 rings (SSSR count). The molecule has 1 unspecified atom stereocenters. The van der Waals surface area contributed by atoms with Crippen molar-refractivity contribution >= 4 is 5.97 Å². The molecule has 0 aliphatic rings. The van der Waals surface area contributed by atoms with Crippen LogP contribution in [0.5, 0.6) is 0 Å². The molecule has 15 heavy (non-hydrogen) atoms. The number of allylic oxidation sites excluding steroid dienone is 1. The molecule has 0 fully saturated rings. The molecule has 0 aromatic heterocycles.